The summed E-state index contributed by atoms with van der Waals surface area (Å²) in [5.74, 6) is 1.20. The van der Waals surface area contributed by atoms with Crippen molar-refractivity contribution in [2.75, 3.05) is 31.6 Å². The Kier molecular flexibility index (Phi) is 6.20. The average Bonchev–Trinajstić information content (AvgIpc) is 3.10. The smallest absolute Gasteiger partial charge is 0.257 e. The van der Waals surface area contributed by atoms with Gasteiger partial charge in [-0.25, -0.2) is 0 Å². The van der Waals surface area contributed by atoms with E-state index in [1.54, 1.807) is 10.9 Å². The summed E-state index contributed by atoms with van der Waals surface area (Å²) in [5, 5.41) is 7.54. The zero-order chi connectivity index (χ0) is 23.5. The second-order valence-corrected chi connectivity index (χ2v) is 8.70. The molecule has 0 radical (unpaired) electrons. The monoisotopic (exact) mass is 460 g/mol. The van der Waals surface area contributed by atoms with Crippen molar-refractivity contribution in [3.63, 3.8) is 0 Å². The number of rotatable bonds is 4. The lowest BCUT2D eigenvalue weighted by atomic mass is 9.95. The van der Waals surface area contributed by atoms with E-state index in [1.165, 1.54) is 0 Å². The largest absolute Gasteiger partial charge is 0.490 e. The highest BCUT2D eigenvalue weighted by molar-refractivity contribution is 6.00. The number of benzene rings is 2. The molecule has 0 bridgehead atoms. The van der Waals surface area contributed by atoms with Crippen molar-refractivity contribution < 1.29 is 19.1 Å². The third kappa shape index (κ3) is 4.62. The van der Waals surface area contributed by atoms with E-state index >= 15 is 0 Å². The van der Waals surface area contributed by atoms with E-state index in [0.29, 0.717) is 61.9 Å². The van der Waals surface area contributed by atoms with Crippen LogP contribution in [0.2, 0.25) is 0 Å². The molecule has 8 heteroatoms. The first-order valence-electron chi connectivity index (χ1n) is 11.7. The topological polar surface area (TPSA) is 85.7 Å². The molecule has 0 atom stereocenters. The Morgan fingerprint density at radius 1 is 1.00 bits per heavy atom. The molecule has 0 saturated carbocycles. The molecule has 2 aliphatic rings. The Labute approximate surface area is 198 Å². The van der Waals surface area contributed by atoms with Crippen molar-refractivity contribution in [3.05, 3.63) is 60.3 Å². The van der Waals surface area contributed by atoms with Gasteiger partial charge in [0.2, 0.25) is 5.91 Å². The fourth-order valence-electron chi connectivity index (χ4n) is 4.45. The number of aryl methyl sites for hydroxylation is 1. The van der Waals surface area contributed by atoms with Crippen LogP contribution >= 0.6 is 0 Å². The number of nitrogens with one attached hydrogen (secondary N) is 1. The SMILES string of the molecule is Cn1cc(C(=O)N2CCC(C(=O)Nc3ccccc3)CC2)c(-c2ccc3c(c2)OCCCO3)n1. The lowest BCUT2D eigenvalue weighted by molar-refractivity contribution is -0.121. The van der Waals surface area contributed by atoms with Crippen LogP contribution in [-0.2, 0) is 11.8 Å². The van der Waals surface area contributed by atoms with Crippen LogP contribution in [0.15, 0.2) is 54.7 Å². The summed E-state index contributed by atoms with van der Waals surface area (Å²) in [6.07, 6.45) is 3.85. The van der Waals surface area contributed by atoms with Crippen molar-refractivity contribution in [2.45, 2.75) is 19.3 Å². The number of carbonyl (C=O) groups is 2. The molecular weight excluding hydrogens is 432 g/mol. The summed E-state index contributed by atoms with van der Waals surface area (Å²) in [4.78, 5) is 27.9. The van der Waals surface area contributed by atoms with Gasteiger partial charge in [-0.1, -0.05) is 18.2 Å². The third-order valence-electron chi connectivity index (χ3n) is 6.27. The number of carbonyl (C=O) groups excluding carboxylic acids is 2. The Morgan fingerprint density at radius 2 is 1.74 bits per heavy atom. The number of hydrogen-bond donors (Lipinski definition) is 1. The highest BCUT2D eigenvalue weighted by Crippen LogP contribution is 2.35. The number of ether oxygens (including phenoxy) is 2. The van der Waals surface area contributed by atoms with E-state index in [0.717, 1.165) is 17.7 Å². The minimum Gasteiger partial charge on any atom is -0.490 e. The molecule has 0 unspecified atom stereocenters. The number of aromatic nitrogens is 2. The fraction of sp³-hybridized carbons (Fsp3) is 0.346. The number of para-hydroxylation sites is 1. The molecular formula is C26H28N4O4. The maximum Gasteiger partial charge on any atom is 0.257 e. The number of nitrogens with zero attached hydrogens (tertiary/aromatic N) is 3. The Morgan fingerprint density at radius 3 is 2.50 bits per heavy atom. The number of amides is 2. The molecule has 1 N–H and O–H groups in total. The lowest BCUT2D eigenvalue weighted by Crippen LogP contribution is -2.41. The summed E-state index contributed by atoms with van der Waals surface area (Å²) < 4.78 is 13.2. The van der Waals surface area contributed by atoms with E-state index in [1.807, 2.05) is 60.5 Å². The average molecular weight is 461 g/mol. The molecule has 3 heterocycles. The Bertz CT molecular complexity index is 1180. The van der Waals surface area contributed by atoms with E-state index in [9.17, 15) is 9.59 Å². The number of hydrogen-bond acceptors (Lipinski definition) is 5. The first kappa shape index (κ1) is 22.0. The summed E-state index contributed by atoms with van der Waals surface area (Å²) in [6.45, 7) is 2.28. The number of anilines is 1. The fourth-order valence-corrected chi connectivity index (χ4v) is 4.45. The zero-order valence-electron chi connectivity index (χ0n) is 19.2. The van der Waals surface area contributed by atoms with Crippen molar-refractivity contribution in [1.29, 1.82) is 0 Å². The molecule has 1 fully saturated rings. The number of piperidine rings is 1. The van der Waals surface area contributed by atoms with Crippen molar-refractivity contribution >= 4 is 17.5 Å². The Hall–Kier alpha value is -3.81. The molecule has 2 amide bonds. The van der Waals surface area contributed by atoms with Crippen LogP contribution in [0.1, 0.15) is 29.6 Å². The van der Waals surface area contributed by atoms with Crippen LogP contribution in [0.25, 0.3) is 11.3 Å². The van der Waals surface area contributed by atoms with Crippen molar-refractivity contribution in [1.82, 2.24) is 14.7 Å². The quantitative estimate of drug-likeness (QED) is 0.641. The van der Waals surface area contributed by atoms with E-state index in [2.05, 4.69) is 10.4 Å². The standard InChI is InChI=1S/C26H28N4O4/c1-29-17-21(24(28-29)19-8-9-22-23(16-19)34-15-5-14-33-22)26(32)30-12-10-18(11-13-30)25(31)27-20-6-3-2-4-7-20/h2-4,6-9,16-18H,5,10-15H2,1H3,(H,27,31). The molecule has 5 rings (SSSR count). The molecule has 2 aromatic carbocycles. The van der Waals surface area contributed by atoms with Gasteiger partial charge in [0.15, 0.2) is 11.5 Å². The van der Waals surface area contributed by atoms with Gasteiger partial charge in [-0.2, -0.15) is 5.10 Å². The second kappa shape index (κ2) is 9.59. The predicted molar refractivity (Wildman–Crippen MR) is 128 cm³/mol. The van der Waals surface area contributed by atoms with Crippen LogP contribution < -0.4 is 14.8 Å². The van der Waals surface area contributed by atoms with Crippen molar-refractivity contribution in [2.24, 2.45) is 13.0 Å². The van der Waals surface area contributed by atoms with Crippen LogP contribution in [0, 0.1) is 5.92 Å². The molecule has 3 aromatic rings. The van der Waals surface area contributed by atoms with Gasteiger partial charge in [-0.05, 0) is 43.2 Å². The highest BCUT2D eigenvalue weighted by Gasteiger charge is 2.30. The molecule has 1 aromatic heterocycles. The molecule has 34 heavy (non-hydrogen) atoms. The van der Waals surface area contributed by atoms with E-state index in [-0.39, 0.29) is 17.7 Å². The maximum absolute atomic E-state index is 13.4. The summed E-state index contributed by atoms with van der Waals surface area (Å²) >= 11 is 0. The highest BCUT2D eigenvalue weighted by atomic mass is 16.5. The van der Waals surface area contributed by atoms with Gasteiger partial charge in [0.25, 0.3) is 5.91 Å². The summed E-state index contributed by atoms with van der Waals surface area (Å²) in [7, 11) is 1.81. The zero-order valence-corrected chi connectivity index (χ0v) is 19.2. The maximum atomic E-state index is 13.4. The van der Waals surface area contributed by atoms with Gasteiger partial charge in [-0.15, -0.1) is 0 Å². The molecule has 176 valence electrons. The lowest BCUT2D eigenvalue weighted by Gasteiger charge is -2.31. The first-order valence-corrected chi connectivity index (χ1v) is 11.7. The van der Waals surface area contributed by atoms with Gasteiger partial charge in [-0.3, -0.25) is 14.3 Å². The van der Waals surface area contributed by atoms with Crippen LogP contribution in [0.3, 0.4) is 0 Å². The summed E-state index contributed by atoms with van der Waals surface area (Å²) in [5.41, 5.74) is 2.77. The first-order chi connectivity index (χ1) is 16.6. The molecule has 2 aliphatic heterocycles. The predicted octanol–water partition coefficient (Wildman–Crippen LogP) is 3.74. The van der Waals surface area contributed by atoms with E-state index < -0.39 is 0 Å². The van der Waals surface area contributed by atoms with Crippen LogP contribution in [0.4, 0.5) is 5.69 Å². The molecule has 0 spiro atoms. The number of likely N-dealkylation sites (tertiary alicyclic amines) is 1. The molecule has 8 nitrogen and oxygen atoms in total. The van der Waals surface area contributed by atoms with E-state index in [4.69, 9.17) is 9.47 Å². The van der Waals surface area contributed by atoms with Crippen molar-refractivity contribution in [3.8, 4) is 22.8 Å². The van der Waals surface area contributed by atoms with Gasteiger partial charge < -0.3 is 19.7 Å². The minimum atomic E-state index is -0.112. The minimum absolute atomic E-state index is 0.00700. The Balaban J connectivity index is 1.28. The van der Waals surface area contributed by atoms with Gasteiger partial charge in [0.05, 0.1) is 18.8 Å². The summed E-state index contributed by atoms with van der Waals surface area (Å²) in [6, 6.07) is 15.1. The normalized spacial score (nSPS) is 16.1. The van der Waals surface area contributed by atoms with Crippen LogP contribution in [-0.4, -0.2) is 52.8 Å². The van der Waals surface area contributed by atoms with Gasteiger partial charge >= 0.3 is 0 Å². The van der Waals surface area contributed by atoms with Gasteiger partial charge in [0.1, 0.15) is 5.69 Å². The molecule has 0 aliphatic carbocycles. The van der Waals surface area contributed by atoms with Gasteiger partial charge in [0, 0.05) is 49.9 Å². The second-order valence-electron chi connectivity index (χ2n) is 8.70. The third-order valence-corrected chi connectivity index (χ3v) is 6.27. The number of fused-ring (bicyclic) bond motifs is 1. The molecule has 1 saturated heterocycles. The van der Waals surface area contributed by atoms with Crippen LogP contribution in [0.5, 0.6) is 11.5 Å².